The molecule has 2 aromatic rings. The van der Waals surface area contributed by atoms with Crippen molar-refractivity contribution in [1.82, 2.24) is 0 Å². The lowest BCUT2D eigenvalue weighted by atomic mass is 9.76. The molecular weight excluding hydrogens is 392 g/mol. The topological polar surface area (TPSA) is 29.1 Å². The van der Waals surface area contributed by atoms with Gasteiger partial charge in [0.05, 0.1) is 13.7 Å². The van der Waals surface area contributed by atoms with Crippen molar-refractivity contribution in [3.05, 3.63) is 58.6 Å². The summed E-state index contributed by atoms with van der Waals surface area (Å²) in [5.41, 5.74) is 4.93. The third kappa shape index (κ3) is 5.80. The highest BCUT2D eigenvalue weighted by atomic mass is 35.5. The van der Waals surface area contributed by atoms with Gasteiger partial charge in [-0.15, -0.1) is 0 Å². The number of allylic oxidation sites excluding steroid dienone is 1. The molecule has 164 valence electrons. The van der Waals surface area contributed by atoms with E-state index >= 15 is 0 Å². The predicted octanol–water partition coefficient (Wildman–Crippen LogP) is 6.18. The van der Waals surface area contributed by atoms with E-state index in [0.29, 0.717) is 6.61 Å². The van der Waals surface area contributed by atoms with Crippen LogP contribution in [-0.4, -0.2) is 26.7 Å². The van der Waals surface area contributed by atoms with Gasteiger partial charge in [0.25, 0.3) is 0 Å². The van der Waals surface area contributed by atoms with Crippen LogP contribution >= 0.6 is 11.6 Å². The van der Waals surface area contributed by atoms with Gasteiger partial charge in [0.2, 0.25) is 0 Å². The Bertz CT molecular complexity index is 845. The van der Waals surface area contributed by atoms with E-state index in [2.05, 4.69) is 87.4 Å². The molecule has 0 aromatic heterocycles. The molecular formula is C26H38ClN2O+. The molecule has 0 bridgehead atoms. The fraction of sp³-hybridized carbons (Fsp3) is 0.462. The van der Waals surface area contributed by atoms with Crippen LogP contribution in [-0.2, 0) is 5.41 Å². The number of ether oxygens (including phenoxy) is 1. The van der Waals surface area contributed by atoms with Crippen LogP contribution in [0.2, 0.25) is 5.02 Å². The number of nitrogens with zero attached hydrogens (tertiary/aromatic N) is 1. The van der Waals surface area contributed by atoms with E-state index in [1.165, 1.54) is 16.9 Å². The van der Waals surface area contributed by atoms with Crippen LogP contribution in [0.15, 0.2) is 42.5 Å². The SMILES string of the molecule is CCOc1cc(N(CC)CC)ccc1/C=C/CC(C)(CC)c1cc(Cl)ccc1[NH2+]C. The van der Waals surface area contributed by atoms with Crippen LogP contribution in [0.25, 0.3) is 6.08 Å². The number of halogens is 1. The van der Waals surface area contributed by atoms with Crippen molar-refractivity contribution in [2.24, 2.45) is 0 Å². The molecule has 2 rings (SSSR count). The van der Waals surface area contributed by atoms with Crippen molar-refractivity contribution >= 4 is 29.1 Å². The maximum atomic E-state index is 6.33. The first-order chi connectivity index (χ1) is 14.4. The molecule has 4 heteroatoms. The monoisotopic (exact) mass is 429 g/mol. The van der Waals surface area contributed by atoms with E-state index < -0.39 is 0 Å². The van der Waals surface area contributed by atoms with Crippen molar-refractivity contribution in [3.63, 3.8) is 0 Å². The summed E-state index contributed by atoms with van der Waals surface area (Å²) in [5, 5.41) is 2.97. The molecule has 0 fully saturated rings. The van der Waals surface area contributed by atoms with Gasteiger partial charge in [0.1, 0.15) is 11.4 Å². The minimum atomic E-state index is 0.0240. The first-order valence-electron chi connectivity index (χ1n) is 11.2. The molecule has 0 saturated heterocycles. The van der Waals surface area contributed by atoms with Gasteiger partial charge in [-0.25, -0.2) is 0 Å². The first kappa shape index (κ1) is 24.3. The summed E-state index contributed by atoms with van der Waals surface area (Å²) in [6, 6.07) is 12.7. The second-order valence-electron chi connectivity index (χ2n) is 7.87. The van der Waals surface area contributed by atoms with E-state index in [1.54, 1.807) is 0 Å². The molecule has 0 spiro atoms. The standard InChI is InChI=1S/C26H37ClN2O/c1-7-26(5,23-18-21(27)14-16-24(23)28-6)17-11-12-20-13-15-22(29(8-2)9-3)19-25(20)30-10-4/h11-16,18-19,28H,7-10,17H2,1-6H3/p+1/b12-11+. The quantitative estimate of drug-likeness (QED) is 0.432. The number of rotatable bonds is 11. The summed E-state index contributed by atoms with van der Waals surface area (Å²) in [7, 11) is 2.09. The molecule has 1 unspecified atom stereocenters. The molecule has 3 nitrogen and oxygen atoms in total. The Morgan fingerprint density at radius 2 is 1.80 bits per heavy atom. The van der Waals surface area contributed by atoms with E-state index in [9.17, 15) is 0 Å². The molecule has 0 amide bonds. The Morgan fingerprint density at radius 1 is 1.07 bits per heavy atom. The third-order valence-corrected chi connectivity index (χ3v) is 6.28. The molecule has 0 aliphatic carbocycles. The van der Waals surface area contributed by atoms with Crippen LogP contribution in [0, 0.1) is 0 Å². The maximum Gasteiger partial charge on any atom is 0.133 e. The van der Waals surface area contributed by atoms with Gasteiger partial charge >= 0.3 is 0 Å². The second kappa shape index (κ2) is 11.4. The highest BCUT2D eigenvalue weighted by molar-refractivity contribution is 6.30. The number of hydrogen-bond acceptors (Lipinski definition) is 2. The minimum Gasteiger partial charge on any atom is -0.493 e. The summed E-state index contributed by atoms with van der Waals surface area (Å²) in [4.78, 5) is 2.34. The molecule has 1 atom stereocenters. The highest BCUT2D eigenvalue weighted by Crippen LogP contribution is 2.37. The Labute approximate surface area is 188 Å². The highest BCUT2D eigenvalue weighted by Gasteiger charge is 2.28. The maximum absolute atomic E-state index is 6.33. The lowest BCUT2D eigenvalue weighted by Gasteiger charge is -2.28. The van der Waals surface area contributed by atoms with Crippen molar-refractivity contribution in [2.45, 2.75) is 52.9 Å². The molecule has 0 radical (unpaired) electrons. The molecule has 2 aromatic carbocycles. The van der Waals surface area contributed by atoms with Crippen LogP contribution < -0.4 is 15.0 Å². The molecule has 0 aliphatic rings. The van der Waals surface area contributed by atoms with Crippen molar-refractivity contribution in [1.29, 1.82) is 0 Å². The fourth-order valence-corrected chi connectivity index (χ4v) is 4.09. The Hall–Kier alpha value is -1.97. The summed E-state index contributed by atoms with van der Waals surface area (Å²) >= 11 is 6.33. The first-order valence-corrected chi connectivity index (χ1v) is 11.6. The lowest BCUT2D eigenvalue weighted by molar-refractivity contribution is -0.540. The fourth-order valence-electron chi connectivity index (χ4n) is 3.92. The van der Waals surface area contributed by atoms with Crippen LogP contribution in [0.1, 0.15) is 58.6 Å². The van der Waals surface area contributed by atoms with Crippen molar-refractivity contribution < 1.29 is 10.1 Å². The number of benzene rings is 2. The van der Waals surface area contributed by atoms with Gasteiger partial charge in [-0.1, -0.05) is 37.6 Å². The van der Waals surface area contributed by atoms with Gasteiger partial charge in [-0.05, 0) is 57.9 Å². The normalized spacial score (nSPS) is 13.4. The molecule has 0 heterocycles. The van der Waals surface area contributed by atoms with E-state index in [4.69, 9.17) is 16.3 Å². The van der Waals surface area contributed by atoms with Gasteiger partial charge in [0, 0.05) is 52.5 Å². The molecule has 0 aliphatic heterocycles. The summed E-state index contributed by atoms with van der Waals surface area (Å²) in [6.07, 6.45) is 6.45. The van der Waals surface area contributed by atoms with Gasteiger partial charge in [-0.3, -0.25) is 0 Å². The minimum absolute atomic E-state index is 0.0240. The van der Waals surface area contributed by atoms with Gasteiger partial charge < -0.3 is 15.0 Å². The zero-order valence-electron chi connectivity index (χ0n) is 19.5. The Balaban J connectivity index is 2.31. The van der Waals surface area contributed by atoms with Crippen LogP contribution in [0.4, 0.5) is 11.4 Å². The largest absolute Gasteiger partial charge is 0.493 e. The molecule has 2 N–H and O–H groups in total. The number of nitrogens with two attached hydrogens (primary N) is 1. The van der Waals surface area contributed by atoms with E-state index in [1.807, 2.05) is 13.0 Å². The average molecular weight is 430 g/mol. The zero-order valence-corrected chi connectivity index (χ0v) is 20.2. The number of quaternary nitrogens is 1. The van der Waals surface area contributed by atoms with Crippen LogP contribution in [0.5, 0.6) is 5.75 Å². The summed E-state index contributed by atoms with van der Waals surface area (Å²) in [5.74, 6) is 0.946. The van der Waals surface area contributed by atoms with E-state index in [0.717, 1.165) is 42.3 Å². The van der Waals surface area contributed by atoms with E-state index in [-0.39, 0.29) is 5.41 Å². The van der Waals surface area contributed by atoms with Crippen LogP contribution in [0.3, 0.4) is 0 Å². The summed E-state index contributed by atoms with van der Waals surface area (Å²) in [6.45, 7) is 13.6. The Morgan fingerprint density at radius 3 is 2.40 bits per heavy atom. The van der Waals surface area contributed by atoms with Gasteiger partial charge in [-0.2, -0.15) is 0 Å². The van der Waals surface area contributed by atoms with Gasteiger partial charge in [0.15, 0.2) is 0 Å². The number of hydrogen-bond donors (Lipinski definition) is 1. The lowest BCUT2D eigenvalue weighted by Crippen LogP contribution is -2.73. The number of anilines is 1. The molecule has 30 heavy (non-hydrogen) atoms. The third-order valence-electron chi connectivity index (χ3n) is 6.05. The van der Waals surface area contributed by atoms with Crippen molar-refractivity contribution in [2.75, 3.05) is 31.6 Å². The van der Waals surface area contributed by atoms with Crippen molar-refractivity contribution in [3.8, 4) is 5.75 Å². The molecule has 0 saturated carbocycles. The second-order valence-corrected chi connectivity index (χ2v) is 8.30. The predicted molar refractivity (Wildman–Crippen MR) is 131 cm³/mol. The average Bonchev–Trinajstić information content (AvgIpc) is 2.76. The smallest absolute Gasteiger partial charge is 0.133 e. The Kier molecular flexibility index (Phi) is 9.26. The zero-order chi connectivity index (χ0) is 22.1. The summed E-state index contributed by atoms with van der Waals surface area (Å²) < 4.78 is 5.96.